The molecule has 3 heteroatoms. The molecule has 1 aromatic heterocycles. The fraction of sp³-hybridized carbons (Fsp3) is 0.312. The second-order valence-corrected chi connectivity index (χ2v) is 4.94. The summed E-state index contributed by atoms with van der Waals surface area (Å²) < 4.78 is 5.51. The minimum atomic E-state index is 0.00528. The molecular weight excluding hydrogens is 236 g/mol. The number of nitrogens with zero attached hydrogens (tertiary/aromatic N) is 1. The maximum Gasteiger partial charge on any atom is 0.122 e. The van der Waals surface area contributed by atoms with Crippen molar-refractivity contribution in [2.75, 3.05) is 6.61 Å². The number of ether oxygens (including phenoxy) is 1. The van der Waals surface area contributed by atoms with Gasteiger partial charge < -0.3 is 10.5 Å². The van der Waals surface area contributed by atoms with Gasteiger partial charge in [-0.2, -0.15) is 0 Å². The lowest BCUT2D eigenvalue weighted by Gasteiger charge is -2.11. The molecule has 1 aliphatic rings. The Kier molecular flexibility index (Phi) is 3.47. The van der Waals surface area contributed by atoms with Crippen LogP contribution in [0.2, 0.25) is 0 Å². The summed E-state index contributed by atoms with van der Waals surface area (Å²) in [6, 6.07) is 12.3. The summed E-state index contributed by atoms with van der Waals surface area (Å²) in [4.78, 5) is 4.30. The summed E-state index contributed by atoms with van der Waals surface area (Å²) in [5.41, 5.74) is 9.79. The smallest absolute Gasteiger partial charge is 0.122 e. The Morgan fingerprint density at radius 1 is 1.26 bits per heavy atom. The van der Waals surface area contributed by atoms with Gasteiger partial charge in [-0.1, -0.05) is 18.2 Å². The van der Waals surface area contributed by atoms with Crippen LogP contribution < -0.4 is 10.5 Å². The Morgan fingerprint density at radius 2 is 2.21 bits per heavy atom. The molecular formula is C16H18N2O. The fourth-order valence-electron chi connectivity index (χ4n) is 2.46. The van der Waals surface area contributed by atoms with Gasteiger partial charge in [-0.3, -0.25) is 4.98 Å². The Bertz CT molecular complexity index is 554. The minimum absolute atomic E-state index is 0.00528. The molecule has 0 saturated heterocycles. The number of hydrogen-bond acceptors (Lipinski definition) is 3. The molecule has 3 rings (SSSR count). The highest BCUT2D eigenvalue weighted by Gasteiger charge is 2.13. The van der Waals surface area contributed by atoms with E-state index in [4.69, 9.17) is 10.5 Å². The van der Waals surface area contributed by atoms with Gasteiger partial charge >= 0.3 is 0 Å². The first-order valence-corrected chi connectivity index (χ1v) is 6.74. The number of nitrogens with two attached hydrogens (primary N) is 1. The summed E-state index contributed by atoms with van der Waals surface area (Å²) in [6.07, 6.45) is 4.71. The van der Waals surface area contributed by atoms with E-state index in [1.54, 1.807) is 6.20 Å². The molecule has 0 bridgehead atoms. The molecule has 2 aromatic rings. The third-order valence-corrected chi connectivity index (χ3v) is 3.57. The van der Waals surface area contributed by atoms with E-state index in [2.05, 4.69) is 23.2 Å². The molecule has 1 aliphatic heterocycles. The summed E-state index contributed by atoms with van der Waals surface area (Å²) in [6.45, 7) is 0.812. The zero-order valence-electron chi connectivity index (χ0n) is 10.9. The molecule has 1 unspecified atom stereocenters. The van der Waals surface area contributed by atoms with Gasteiger partial charge in [-0.05, 0) is 42.2 Å². The van der Waals surface area contributed by atoms with Gasteiger partial charge in [0, 0.05) is 18.7 Å². The van der Waals surface area contributed by atoms with Gasteiger partial charge in [0.2, 0.25) is 0 Å². The molecule has 2 N–H and O–H groups in total. The number of rotatable bonds is 4. The SMILES string of the molecule is NC(CCc1ccc2c(c1)CCO2)c1ccccn1. The predicted octanol–water partition coefficient (Wildman–Crippen LogP) is 2.65. The molecule has 19 heavy (non-hydrogen) atoms. The first kappa shape index (κ1) is 12.2. The highest BCUT2D eigenvalue weighted by molar-refractivity contribution is 5.39. The van der Waals surface area contributed by atoms with Crippen LogP contribution in [0, 0.1) is 0 Å². The van der Waals surface area contributed by atoms with Crippen LogP contribution in [0.25, 0.3) is 0 Å². The largest absolute Gasteiger partial charge is 0.493 e. The normalized spacial score (nSPS) is 14.8. The molecule has 0 aliphatic carbocycles. The maximum absolute atomic E-state index is 6.17. The van der Waals surface area contributed by atoms with E-state index in [-0.39, 0.29) is 6.04 Å². The molecule has 3 nitrogen and oxygen atoms in total. The second-order valence-electron chi connectivity index (χ2n) is 4.94. The van der Waals surface area contributed by atoms with Crippen LogP contribution in [0.4, 0.5) is 0 Å². The molecule has 0 saturated carbocycles. The standard InChI is InChI=1S/C16H18N2O/c17-14(15-3-1-2-9-18-15)6-4-12-5-7-16-13(11-12)8-10-19-16/h1-3,5,7,9,11,14H,4,6,8,10,17H2. The van der Waals surface area contributed by atoms with E-state index >= 15 is 0 Å². The van der Waals surface area contributed by atoms with Gasteiger partial charge in [0.25, 0.3) is 0 Å². The van der Waals surface area contributed by atoms with Gasteiger partial charge in [-0.25, -0.2) is 0 Å². The molecule has 1 atom stereocenters. The quantitative estimate of drug-likeness (QED) is 0.912. The first-order chi connectivity index (χ1) is 9.33. The molecule has 98 valence electrons. The van der Waals surface area contributed by atoms with Crippen molar-refractivity contribution in [3.8, 4) is 5.75 Å². The molecule has 2 heterocycles. The van der Waals surface area contributed by atoms with Crippen molar-refractivity contribution < 1.29 is 4.74 Å². The third kappa shape index (κ3) is 2.76. The lowest BCUT2D eigenvalue weighted by Crippen LogP contribution is -2.12. The summed E-state index contributed by atoms with van der Waals surface area (Å²) in [5, 5.41) is 0. The zero-order valence-corrected chi connectivity index (χ0v) is 10.9. The Labute approximate surface area is 113 Å². The lowest BCUT2D eigenvalue weighted by molar-refractivity contribution is 0.357. The summed E-state index contributed by atoms with van der Waals surface area (Å²) >= 11 is 0. The van der Waals surface area contributed by atoms with E-state index in [1.807, 2.05) is 18.2 Å². The number of hydrogen-bond donors (Lipinski definition) is 1. The van der Waals surface area contributed by atoms with Crippen molar-refractivity contribution >= 4 is 0 Å². The van der Waals surface area contributed by atoms with E-state index in [0.717, 1.165) is 37.3 Å². The van der Waals surface area contributed by atoms with E-state index in [1.165, 1.54) is 11.1 Å². The van der Waals surface area contributed by atoms with Crippen molar-refractivity contribution in [2.24, 2.45) is 5.73 Å². The highest BCUT2D eigenvalue weighted by Crippen LogP contribution is 2.26. The molecule has 0 amide bonds. The molecule has 0 radical (unpaired) electrons. The predicted molar refractivity (Wildman–Crippen MR) is 75.1 cm³/mol. The topological polar surface area (TPSA) is 48.1 Å². The second kappa shape index (κ2) is 5.41. The molecule has 1 aromatic carbocycles. The number of fused-ring (bicyclic) bond motifs is 1. The van der Waals surface area contributed by atoms with Crippen LogP contribution in [-0.2, 0) is 12.8 Å². The van der Waals surface area contributed by atoms with Gasteiger partial charge in [0.1, 0.15) is 5.75 Å². The van der Waals surface area contributed by atoms with Crippen LogP contribution in [0.15, 0.2) is 42.6 Å². The maximum atomic E-state index is 6.17. The number of aryl methyl sites for hydroxylation is 1. The van der Waals surface area contributed by atoms with Crippen molar-refractivity contribution in [2.45, 2.75) is 25.3 Å². The van der Waals surface area contributed by atoms with Crippen LogP contribution in [-0.4, -0.2) is 11.6 Å². The third-order valence-electron chi connectivity index (χ3n) is 3.57. The molecule has 0 fully saturated rings. The van der Waals surface area contributed by atoms with Crippen molar-refractivity contribution in [1.82, 2.24) is 4.98 Å². The highest BCUT2D eigenvalue weighted by atomic mass is 16.5. The van der Waals surface area contributed by atoms with E-state index in [0.29, 0.717) is 0 Å². The summed E-state index contributed by atoms with van der Waals surface area (Å²) in [5.74, 6) is 1.04. The first-order valence-electron chi connectivity index (χ1n) is 6.74. The number of benzene rings is 1. The van der Waals surface area contributed by atoms with Crippen LogP contribution in [0.5, 0.6) is 5.75 Å². The van der Waals surface area contributed by atoms with Gasteiger partial charge in [-0.15, -0.1) is 0 Å². The number of pyridine rings is 1. The van der Waals surface area contributed by atoms with Crippen molar-refractivity contribution in [1.29, 1.82) is 0 Å². The minimum Gasteiger partial charge on any atom is -0.493 e. The zero-order chi connectivity index (χ0) is 13.1. The molecule has 0 spiro atoms. The average Bonchev–Trinajstić information content (AvgIpc) is 2.93. The fourth-order valence-corrected chi connectivity index (χ4v) is 2.46. The van der Waals surface area contributed by atoms with Crippen LogP contribution in [0.1, 0.15) is 29.3 Å². The number of aromatic nitrogens is 1. The summed E-state index contributed by atoms with van der Waals surface area (Å²) in [7, 11) is 0. The van der Waals surface area contributed by atoms with E-state index < -0.39 is 0 Å². The van der Waals surface area contributed by atoms with Crippen LogP contribution >= 0.6 is 0 Å². The van der Waals surface area contributed by atoms with Gasteiger partial charge in [0.05, 0.1) is 12.3 Å². The Hall–Kier alpha value is -1.87. The van der Waals surface area contributed by atoms with E-state index in [9.17, 15) is 0 Å². The monoisotopic (exact) mass is 254 g/mol. The average molecular weight is 254 g/mol. The van der Waals surface area contributed by atoms with Crippen molar-refractivity contribution in [3.05, 3.63) is 59.4 Å². The van der Waals surface area contributed by atoms with Crippen LogP contribution in [0.3, 0.4) is 0 Å². The van der Waals surface area contributed by atoms with Gasteiger partial charge in [0.15, 0.2) is 0 Å². The Balaban J connectivity index is 1.63. The Morgan fingerprint density at radius 3 is 3.05 bits per heavy atom. The lowest BCUT2D eigenvalue weighted by atomic mass is 10.0. The van der Waals surface area contributed by atoms with Crippen molar-refractivity contribution in [3.63, 3.8) is 0 Å².